The van der Waals surface area contributed by atoms with Crippen molar-refractivity contribution in [2.75, 3.05) is 12.1 Å². The number of rotatable bonds is 4. The first kappa shape index (κ1) is 14.7. The second-order valence-electron chi connectivity index (χ2n) is 4.89. The van der Waals surface area contributed by atoms with Crippen molar-refractivity contribution in [3.05, 3.63) is 64.3 Å². The summed E-state index contributed by atoms with van der Waals surface area (Å²) in [4.78, 5) is 12.2. The van der Waals surface area contributed by atoms with E-state index in [1.807, 2.05) is 37.3 Å². The number of halogens is 1. The molecule has 0 bridgehead atoms. The summed E-state index contributed by atoms with van der Waals surface area (Å²) in [5.41, 5.74) is 2.25. The number of ketones is 1. The maximum atomic E-state index is 12.2. The van der Waals surface area contributed by atoms with Crippen LogP contribution in [0.5, 0.6) is 11.5 Å². The maximum absolute atomic E-state index is 12.2. The molecule has 0 saturated heterocycles. The van der Waals surface area contributed by atoms with Crippen molar-refractivity contribution in [3.8, 4) is 11.5 Å². The molecule has 1 heterocycles. The number of ether oxygens (including phenoxy) is 2. The molecule has 0 atom stereocenters. The van der Waals surface area contributed by atoms with Crippen LogP contribution >= 0.6 is 15.9 Å². The van der Waals surface area contributed by atoms with Crippen LogP contribution in [0.4, 0.5) is 5.69 Å². The monoisotopic (exact) mass is 359 g/mol. The number of carbonyl (C=O) groups excluding carboxylic acids is 1. The number of allylic oxidation sites excluding steroid dienone is 2. The lowest BCUT2D eigenvalue weighted by molar-refractivity contribution is 0.104. The zero-order valence-electron chi connectivity index (χ0n) is 11.9. The summed E-state index contributed by atoms with van der Waals surface area (Å²) in [5, 5.41) is 3.18. The number of hydrogen-bond donors (Lipinski definition) is 1. The average molecular weight is 360 g/mol. The molecule has 3 rings (SSSR count). The predicted molar refractivity (Wildman–Crippen MR) is 88.4 cm³/mol. The van der Waals surface area contributed by atoms with E-state index in [-0.39, 0.29) is 12.6 Å². The topological polar surface area (TPSA) is 47.6 Å². The smallest absolute Gasteiger partial charge is 0.231 e. The summed E-state index contributed by atoms with van der Waals surface area (Å²) in [6.07, 6.45) is 1.58. The Morgan fingerprint density at radius 3 is 2.64 bits per heavy atom. The number of nitrogens with one attached hydrogen (secondary N) is 1. The summed E-state index contributed by atoms with van der Waals surface area (Å²) in [7, 11) is 0. The van der Waals surface area contributed by atoms with Crippen LogP contribution in [-0.4, -0.2) is 12.6 Å². The molecule has 2 aromatic carbocycles. The summed E-state index contributed by atoms with van der Waals surface area (Å²) >= 11 is 3.35. The van der Waals surface area contributed by atoms with Crippen LogP contribution in [0.3, 0.4) is 0 Å². The average Bonchev–Trinajstić information content (AvgIpc) is 2.95. The number of carbonyl (C=O) groups is 1. The highest BCUT2D eigenvalue weighted by Gasteiger charge is 2.13. The zero-order valence-corrected chi connectivity index (χ0v) is 13.5. The van der Waals surface area contributed by atoms with Gasteiger partial charge in [-0.1, -0.05) is 15.9 Å². The number of benzene rings is 2. The molecule has 0 fully saturated rings. The number of fused-ring (bicyclic) bond motifs is 1. The van der Waals surface area contributed by atoms with Crippen molar-refractivity contribution >= 4 is 27.4 Å². The summed E-state index contributed by atoms with van der Waals surface area (Å²) in [6.45, 7) is 2.09. The van der Waals surface area contributed by atoms with Crippen LogP contribution in [-0.2, 0) is 0 Å². The molecule has 1 N–H and O–H groups in total. The molecule has 0 aromatic heterocycles. The zero-order chi connectivity index (χ0) is 15.5. The van der Waals surface area contributed by atoms with E-state index < -0.39 is 0 Å². The molecule has 0 radical (unpaired) electrons. The van der Waals surface area contributed by atoms with E-state index in [1.54, 1.807) is 18.2 Å². The minimum absolute atomic E-state index is 0.0433. The fourth-order valence-corrected chi connectivity index (χ4v) is 2.40. The highest BCUT2D eigenvalue weighted by molar-refractivity contribution is 9.10. The van der Waals surface area contributed by atoms with Gasteiger partial charge in [0.2, 0.25) is 6.79 Å². The Hall–Kier alpha value is -2.27. The summed E-state index contributed by atoms with van der Waals surface area (Å²) in [6, 6.07) is 12.9. The van der Waals surface area contributed by atoms with Crippen LogP contribution in [0.25, 0.3) is 0 Å². The molecule has 2 aromatic rings. The molecule has 0 spiro atoms. The second kappa shape index (κ2) is 6.23. The number of anilines is 1. The first-order valence-corrected chi connectivity index (χ1v) is 7.56. The third-order valence-electron chi connectivity index (χ3n) is 3.19. The van der Waals surface area contributed by atoms with Gasteiger partial charge in [0, 0.05) is 33.6 Å². The van der Waals surface area contributed by atoms with Gasteiger partial charge in [-0.05, 0) is 43.3 Å². The van der Waals surface area contributed by atoms with E-state index in [9.17, 15) is 4.79 Å². The fourth-order valence-electron chi connectivity index (χ4n) is 2.13. The molecule has 4 nitrogen and oxygen atoms in total. The van der Waals surface area contributed by atoms with Gasteiger partial charge >= 0.3 is 0 Å². The highest BCUT2D eigenvalue weighted by atomic mass is 79.9. The molecule has 0 unspecified atom stereocenters. The third kappa shape index (κ3) is 3.31. The molecular weight excluding hydrogens is 346 g/mol. The standard InChI is InChI=1S/C17H14BrNO3/c1-11(8-15(20)12-2-4-13(18)5-3-12)19-14-6-7-16-17(9-14)22-10-21-16/h2-9,19H,10H2,1H3/b11-8+. The molecule has 0 amide bonds. The maximum Gasteiger partial charge on any atom is 0.231 e. The van der Waals surface area contributed by atoms with Crippen molar-refractivity contribution in [2.45, 2.75) is 6.92 Å². The van der Waals surface area contributed by atoms with Gasteiger partial charge in [-0.25, -0.2) is 0 Å². The van der Waals surface area contributed by atoms with Crippen LogP contribution < -0.4 is 14.8 Å². The van der Waals surface area contributed by atoms with Crippen molar-refractivity contribution in [1.29, 1.82) is 0 Å². The van der Waals surface area contributed by atoms with Gasteiger partial charge in [-0.3, -0.25) is 4.79 Å². The van der Waals surface area contributed by atoms with Gasteiger partial charge in [0.25, 0.3) is 0 Å². The van der Waals surface area contributed by atoms with Gasteiger partial charge in [0.1, 0.15) is 0 Å². The normalized spacial score (nSPS) is 13.1. The van der Waals surface area contributed by atoms with Gasteiger partial charge in [-0.15, -0.1) is 0 Å². The van der Waals surface area contributed by atoms with Crippen molar-refractivity contribution in [2.24, 2.45) is 0 Å². The van der Waals surface area contributed by atoms with Crippen molar-refractivity contribution in [3.63, 3.8) is 0 Å². The Morgan fingerprint density at radius 2 is 1.86 bits per heavy atom. The third-order valence-corrected chi connectivity index (χ3v) is 3.72. The Balaban J connectivity index is 1.72. The summed E-state index contributed by atoms with van der Waals surface area (Å²) in [5.74, 6) is 1.40. The highest BCUT2D eigenvalue weighted by Crippen LogP contribution is 2.34. The molecule has 0 aliphatic carbocycles. The molecule has 1 aliphatic rings. The predicted octanol–water partition coefficient (Wildman–Crippen LogP) is 4.38. The van der Waals surface area contributed by atoms with Crippen LogP contribution in [0.15, 0.2) is 58.7 Å². The van der Waals surface area contributed by atoms with Gasteiger partial charge in [-0.2, -0.15) is 0 Å². The van der Waals surface area contributed by atoms with Crippen molar-refractivity contribution in [1.82, 2.24) is 0 Å². The Labute approximate surface area is 136 Å². The largest absolute Gasteiger partial charge is 0.454 e. The van der Waals surface area contributed by atoms with Crippen molar-refractivity contribution < 1.29 is 14.3 Å². The molecule has 0 saturated carbocycles. The van der Waals surface area contributed by atoms with E-state index in [1.165, 1.54) is 0 Å². The first-order chi connectivity index (χ1) is 10.6. The first-order valence-electron chi connectivity index (χ1n) is 6.77. The number of hydrogen-bond acceptors (Lipinski definition) is 4. The van der Waals surface area contributed by atoms with Crippen LogP contribution in [0.2, 0.25) is 0 Å². The van der Waals surface area contributed by atoms with Crippen LogP contribution in [0, 0.1) is 0 Å². The Bertz CT molecular complexity index is 738. The van der Waals surface area contributed by atoms with E-state index in [0.717, 1.165) is 21.6 Å². The van der Waals surface area contributed by atoms with E-state index in [2.05, 4.69) is 21.2 Å². The molecule has 5 heteroatoms. The lowest BCUT2D eigenvalue weighted by Gasteiger charge is -2.07. The molecule has 1 aliphatic heterocycles. The SMILES string of the molecule is C/C(=C\C(=O)c1ccc(Br)cc1)Nc1ccc2c(c1)OCO2. The van der Waals surface area contributed by atoms with E-state index in [4.69, 9.17) is 9.47 Å². The minimum atomic E-state index is -0.0433. The lowest BCUT2D eigenvalue weighted by atomic mass is 10.1. The van der Waals surface area contributed by atoms with Gasteiger partial charge in [0.05, 0.1) is 0 Å². The molecule has 112 valence electrons. The fraction of sp³-hybridized carbons (Fsp3) is 0.118. The minimum Gasteiger partial charge on any atom is -0.454 e. The Kier molecular flexibility index (Phi) is 4.15. The summed E-state index contributed by atoms with van der Waals surface area (Å²) < 4.78 is 11.5. The Morgan fingerprint density at radius 1 is 1.14 bits per heavy atom. The molecule has 22 heavy (non-hydrogen) atoms. The molecular formula is C17H14BrNO3. The quantitative estimate of drug-likeness (QED) is 0.650. The lowest BCUT2D eigenvalue weighted by Crippen LogP contribution is -2.01. The van der Waals surface area contributed by atoms with Gasteiger partial charge in [0.15, 0.2) is 17.3 Å². The second-order valence-corrected chi connectivity index (χ2v) is 5.81. The van der Waals surface area contributed by atoms with E-state index in [0.29, 0.717) is 11.3 Å². The van der Waals surface area contributed by atoms with E-state index >= 15 is 0 Å². The van der Waals surface area contributed by atoms with Crippen LogP contribution in [0.1, 0.15) is 17.3 Å². The van der Waals surface area contributed by atoms with Gasteiger partial charge < -0.3 is 14.8 Å².